The molecule has 0 aliphatic heterocycles. The topological polar surface area (TPSA) is 9.23 Å². The summed E-state index contributed by atoms with van der Waals surface area (Å²) in [5, 5.41) is 0. The molecule has 88 valence electrons. The highest BCUT2D eigenvalue weighted by Gasteiger charge is 2.22. The molecule has 0 saturated carbocycles. The van der Waals surface area contributed by atoms with Crippen LogP contribution < -0.4 is 0 Å². The maximum Gasteiger partial charge on any atom is 0.155 e. The molecule has 0 aromatic heterocycles. The first kappa shape index (κ1) is 17.1. The molecule has 0 heterocycles. The Balaban J connectivity index is 0. The van der Waals surface area contributed by atoms with Gasteiger partial charge in [-0.2, -0.15) is 11.1 Å². The van der Waals surface area contributed by atoms with Crippen LogP contribution in [0.2, 0.25) is 18.1 Å². The van der Waals surface area contributed by atoms with Gasteiger partial charge in [0.2, 0.25) is 0 Å². The molecular formula is C10H27ClOSi2. The van der Waals surface area contributed by atoms with Gasteiger partial charge in [0, 0.05) is 5.60 Å². The maximum absolute atomic E-state index is 6.23. The average Bonchev–Trinajstić information content (AvgIpc) is 2.16. The van der Waals surface area contributed by atoms with E-state index < -0.39 is 7.38 Å². The smallest absolute Gasteiger partial charge is 0.155 e. The lowest BCUT2D eigenvalue weighted by atomic mass is 10.2. The highest BCUT2D eigenvalue weighted by molar-refractivity contribution is 7.20. The molecular weight excluding hydrogens is 228 g/mol. The molecule has 14 heavy (non-hydrogen) atoms. The summed E-state index contributed by atoms with van der Waals surface area (Å²) in [6.07, 6.45) is 0. The van der Waals surface area contributed by atoms with Crippen molar-refractivity contribution in [1.82, 2.24) is 0 Å². The van der Waals surface area contributed by atoms with Crippen molar-refractivity contribution in [1.29, 1.82) is 0 Å². The molecule has 0 aromatic carbocycles. The first-order chi connectivity index (χ1) is 6.24. The van der Waals surface area contributed by atoms with Crippen LogP contribution in [0.3, 0.4) is 0 Å². The molecule has 0 aliphatic carbocycles. The normalized spacial score (nSPS) is 12.2. The minimum absolute atomic E-state index is 0.103. The predicted octanol–water partition coefficient (Wildman–Crippen LogP) is 3.31. The van der Waals surface area contributed by atoms with Crippen LogP contribution in [0, 0.1) is 0 Å². The van der Waals surface area contributed by atoms with Crippen molar-refractivity contribution in [2.75, 3.05) is 0 Å². The molecule has 0 aromatic rings. The largest absolute Gasteiger partial charge is 0.423 e. The Morgan fingerprint density at radius 2 is 1.29 bits per heavy atom. The monoisotopic (exact) mass is 254 g/mol. The Morgan fingerprint density at radius 3 is 1.29 bits per heavy atom. The minimum atomic E-state index is -1.20. The van der Waals surface area contributed by atoms with Crippen molar-refractivity contribution in [3.05, 3.63) is 0 Å². The molecule has 0 bridgehead atoms. The molecule has 0 unspecified atom stereocenters. The van der Waals surface area contributed by atoms with Gasteiger partial charge in [-0.05, 0) is 38.9 Å². The molecule has 0 fully saturated rings. The molecule has 4 heteroatoms. The fourth-order valence-electron chi connectivity index (χ4n) is 0.750. The number of hydrogen-bond acceptors (Lipinski definition) is 1. The van der Waals surface area contributed by atoms with Crippen LogP contribution in [-0.2, 0) is 4.43 Å². The summed E-state index contributed by atoms with van der Waals surface area (Å²) in [4.78, 5) is 0. The van der Waals surface area contributed by atoms with E-state index in [1.54, 1.807) is 0 Å². The van der Waals surface area contributed by atoms with Gasteiger partial charge in [0.05, 0.1) is 0 Å². The second-order valence-electron chi connectivity index (χ2n) is 4.53. The quantitative estimate of drug-likeness (QED) is 0.555. The second kappa shape index (κ2) is 7.91. The van der Waals surface area contributed by atoms with Gasteiger partial charge in [0.15, 0.2) is 7.38 Å². The van der Waals surface area contributed by atoms with Crippen LogP contribution in [0.25, 0.3) is 0 Å². The fraction of sp³-hybridized carbons (Fsp3) is 1.00. The molecule has 0 N–H and O–H groups in total. The van der Waals surface area contributed by atoms with E-state index in [1.165, 1.54) is 18.1 Å². The van der Waals surface area contributed by atoms with Gasteiger partial charge in [-0.15, -0.1) is 0 Å². The van der Waals surface area contributed by atoms with Crippen LogP contribution in [0.1, 0.15) is 41.5 Å². The Hall–Kier alpha value is 0.684. The minimum Gasteiger partial charge on any atom is -0.423 e. The zero-order chi connectivity index (χ0) is 11.8. The number of hydrogen-bond donors (Lipinski definition) is 0. The second-order valence-corrected chi connectivity index (χ2v) is 11.8. The Bertz CT molecular complexity index is 122. The van der Waals surface area contributed by atoms with Gasteiger partial charge in [0.25, 0.3) is 0 Å². The Morgan fingerprint density at radius 1 is 1.07 bits per heavy atom. The van der Waals surface area contributed by atoms with E-state index >= 15 is 0 Å². The summed E-state index contributed by atoms with van der Waals surface area (Å²) in [5.41, 5.74) is 0.103. The van der Waals surface area contributed by atoms with Crippen molar-refractivity contribution in [2.45, 2.75) is 65.3 Å². The standard InChI is InChI=1S/C6H15ClSi.C4H12OSi/c1-4-8(7,5-2)6-3;1-4(2,3)5-6/h4-6H2,1-3H3;1-3,6H3. The third kappa shape index (κ3) is 10.8. The van der Waals surface area contributed by atoms with Crippen molar-refractivity contribution < 1.29 is 4.43 Å². The lowest BCUT2D eigenvalue weighted by molar-refractivity contribution is 0.147. The first-order valence-corrected chi connectivity index (χ1v) is 9.93. The van der Waals surface area contributed by atoms with E-state index in [-0.39, 0.29) is 5.60 Å². The summed E-state index contributed by atoms with van der Waals surface area (Å²) in [7, 11) is -0.351. The number of halogens is 1. The van der Waals surface area contributed by atoms with Crippen molar-refractivity contribution in [3.8, 4) is 0 Å². The maximum atomic E-state index is 6.23. The SMILES string of the molecule is CC(C)(C)O[SiH3].CC[Si](Cl)(CC)CC. The van der Waals surface area contributed by atoms with E-state index in [0.717, 1.165) is 10.5 Å². The lowest BCUT2D eigenvalue weighted by Crippen LogP contribution is -2.22. The van der Waals surface area contributed by atoms with Gasteiger partial charge >= 0.3 is 0 Å². The van der Waals surface area contributed by atoms with Crippen LogP contribution >= 0.6 is 11.1 Å². The van der Waals surface area contributed by atoms with E-state index in [9.17, 15) is 0 Å². The highest BCUT2D eigenvalue weighted by Crippen LogP contribution is 2.23. The third-order valence-electron chi connectivity index (χ3n) is 2.51. The van der Waals surface area contributed by atoms with Gasteiger partial charge in [-0.1, -0.05) is 20.8 Å². The summed E-state index contributed by atoms with van der Waals surface area (Å²) in [6.45, 7) is 12.8. The van der Waals surface area contributed by atoms with Gasteiger partial charge in [0.1, 0.15) is 10.5 Å². The Kier molecular flexibility index (Phi) is 9.65. The van der Waals surface area contributed by atoms with Gasteiger partial charge < -0.3 is 4.43 Å². The summed E-state index contributed by atoms with van der Waals surface area (Å²) < 4.78 is 5.08. The van der Waals surface area contributed by atoms with Gasteiger partial charge in [-0.3, -0.25) is 0 Å². The highest BCUT2D eigenvalue weighted by atomic mass is 35.6. The molecule has 0 saturated heterocycles. The summed E-state index contributed by atoms with van der Waals surface area (Å²) in [6, 6.07) is 3.67. The molecule has 0 amide bonds. The Labute approximate surface area is 98.8 Å². The van der Waals surface area contributed by atoms with E-state index in [2.05, 4.69) is 41.5 Å². The van der Waals surface area contributed by atoms with Crippen molar-refractivity contribution in [3.63, 3.8) is 0 Å². The van der Waals surface area contributed by atoms with Crippen molar-refractivity contribution in [2.24, 2.45) is 0 Å². The molecule has 0 spiro atoms. The summed E-state index contributed by atoms with van der Waals surface area (Å²) in [5.74, 6) is 0. The first-order valence-electron chi connectivity index (χ1n) is 5.48. The molecule has 0 atom stereocenters. The number of rotatable bonds is 3. The van der Waals surface area contributed by atoms with Crippen LogP contribution in [0.5, 0.6) is 0 Å². The molecule has 0 radical (unpaired) electrons. The fourth-order valence-corrected chi connectivity index (χ4v) is 2.25. The van der Waals surface area contributed by atoms with Crippen molar-refractivity contribution >= 4 is 28.9 Å². The summed E-state index contributed by atoms with van der Waals surface area (Å²) >= 11 is 6.23. The molecule has 0 aliphatic rings. The van der Waals surface area contributed by atoms with Crippen LogP contribution in [0.15, 0.2) is 0 Å². The van der Waals surface area contributed by atoms with Gasteiger partial charge in [-0.25, -0.2) is 0 Å². The van der Waals surface area contributed by atoms with Crippen LogP contribution in [-0.4, -0.2) is 23.5 Å². The van der Waals surface area contributed by atoms with E-state index in [4.69, 9.17) is 15.5 Å². The molecule has 0 rings (SSSR count). The predicted molar refractivity (Wildman–Crippen MR) is 73.8 cm³/mol. The molecule has 1 nitrogen and oxygen atoms in total. The third-order valence-corrected chi connectivity index (χ3v) is 9.95. The lowest BCUT2D eigenvalue weighted by Gasteiger charge is -2.17. The van der Waals surface area contributed by atoms with Crippen LogP contribution in [0.4, 0.5) is 0 Å². The van der Waals surface area contributed by atoms with E-state index in [1.807, 2.05) is 0 Å². The van der Waals surface area contributed by atoms with E-state index in [0.29, 0.717) is 0 Å². The average molecular weight is 255 g/mol. The zero-order valence-electron chi connectivity index (χ0n) is 10.9. The zero-order valence-corrected chi connectivity index (χ0v) is 14.7.